The minimum atomic E-state index is -0.584. The lowest BCUT2D eigenvalue weighted by Gasteiger charge is -2.26. The molecule has 2 nitrogen and oxygen atoms in total. The fourth-order valence-electron chi connectivity index (χ4n) is 2.58. The van der Waals surface area contributed by atoms with Gasteiger partial charge in [0.05, 0.1) is 17.6 Å². The van der Waals surface area contributed by atoms with E-state index < -0.39 is 11.5 Å². The molecule has 1 unspecified atom stereocenters. The zero-order valence-electron chi connectivity index (χ0n) is 9.61. The highest BCUT2D eigenvalue weighted by Crippen LogP contribution is 2.40. The van der Waals surface area contributed by atoms with Gasteiger partial charge >= 0.3 is 0 Å². The zero-order chi connectivity index (χ0) is 11.6. The first-order valence-corrected chi connectivity index (χ1v) is 5.88. The fraction of sp³-hybridized carbons (Fsp3) is 0.500. The molecule has 84 valence electrons. The zero-order valence-corrected chi connectivity index (χ0v) is 9.61. The van der Waals surface area contributed by atoms with Crippen molar-refractivity contribution in [3.63, 3.8) is 0 Å². The van der Waals surface area contributed by atoms with Crippen LogP contribution in [0.15, 0.2) is 24.3 Å². The van der Waals surface area contributed by atoms with Gasteiger partial charge in [-0.15, -0.1) is 0 Å². The van der Waals surface area contributed by atoms with Crippen LogP contribution in [0.4, 0.5) is 0 Å². The molecule has 2 rings (SSSR count). The third kappa shape index (κ3) is 1.72. The summed E-state index contributed by atoms with van der Waals surface area (Å²) in [6, 6.07) is 10.5. The summed E-state index contributed by atoms with van der Waals surface area (Å²) in [4.78, 5) is 0. The molecule has 1 aromatic carbocycles. The minimum Gasteiger partial charge on any atom is -0.391 e. The highest BCUT2D eigenvalue weighted by Gasteiger charge is 2.42. The molecule has 0 heterocycles. The van der Waals surface area contributed by atoms with Crippen molar-refractivity contribution < 1.29 is 5.11 Å². The van der Waals surface area contributed by atoms with Crippen molar-refractivity contribution in [2.75, 3.05) is 0 Å². The summed E-state index contributed by atoms with van der Waals surface area (Å²) in [5.74, 6) is 0. The van der Waals surface area contributed by atoms with E-state index in [9.17, 15) is 10.4 Å². The van der Waals surface area contributed by atoms with Gasteiger partial charge in [0.25, 0.3) is 0 Å². The van der Waals surface area contributed by atoms with Crippen LogP contribution in [0.2, 0.25) is 0 Å². The lowest BCUT2D eigenvalue weighted by Crippen LogP contribution is -2.34. The third-order valence-corrected chi connectivity index (χ3v) is 3.55. The first-order chi connectivity index (χ1) is 7.72. The first-order valence-electron chi connectivity index (χ1n) is 5.88. The summed E-state index contributed by atoms with van der Waals surface area (Å²) in [5, 5.41) is 19.5. The molecule has 0 fully saturated rings. The standard InChI is InChI=1S/C14H17NO/c1-2-5-13(16)14(10-15)8-11-6-3-4-7-12(11)9-14/h3-4,6-7,13,16H,2,5,8-9H2,1H3. The van der Waals surface area contributed by atoms with Gasteiger partial charge in [-0.1, -0.05) is 37.6 Å². The normalized spacial score (nSPS) is 18.8. The molecule has 0 radical (unpaired) electrons. The number of hydrogen-bond donors (Lipinski definition) is 1. The Morgan fingerprint density at radius 2 is 1.94 bits per heavy atom. The molecule has 1 aliphatic rings. The van der Waals surface area contributed by atoms with Gasteiger partial charge in [-0.05, 0) is 30.4 Å². The van der Waals surface area contributed by atoms with Crippen molar-refractivity contribution in [2.45, 2.75) is 38.7 Å². The van der Waals surface area contributed by atoms with E-state index in [1.807, 2.05) is 19.1 Å². The third-order valence-electron chi connectivity index (χ3n) is 3.55. The monoisotopic (exact) mass is 215 g/mol. The second-order valence-corrected chi connectivity index (χ2v) is 4.69. The molecule has 2 heteroatoms. The van der Waals surface area contributed by atoms with Gasteiger partial charge in [0.2, 0.25) is 0 Å². The van der Waals surface area contributed by atoms with Crippen LogP contribution >= 0.6 is 0 Å². The van der Waals surface area contributed by atoms with E-state index in [-0.39, 0.29) is 0 Å². The van der Waals surface area contributed by atoms with E-state index in [1.54, 1.807) is 0 Å². The largest absolute Gasteiger partial charge is 0.391 e. The van der Waals surface area contributed by atoms with Gasteiger partial charge < -0.3 is 5.11 Å². The Morgan fingerprint density at radius 3 is 2.38 bits per heavy atom. The Balaban J connectivity index is 2.27. The molecule has 0 saturated carbocycles. The van der Waals surface area contributed by atoms with Crippen LogP contribution in [0.1, 0.15) is 30.9 Å². The van der Waals surface area contributed by atoms with Crippen LogP contribution < -0.4 is 0 Å². The number of rotatable bonds is 3. The van der Waals surface area contributed by atoms with E-state index in [1.165, 1.54) is 11.1 Å². The summed E-state index contributed by atoms with van der Waals surface area (Å²) in [6.45, 7) is 2.04. The van der Waals surface area contributed by atoms with E-state index in [4.69, 9.17) is 0 Å². The molecule has 0 aromatic heterocycles. The summed E-state index contributed by atoms with van der Waals surface area (Å²) in [6.07, 6.45) is 2.51. The van der Waals surface area contributed by atoms with Crippen LogP contribution in [-0.2, 0) is 12.8 Å². The minimum absolute atomic E-state index is 0.505. The molecule has 0 spiro atoms. The van der Waals surface area contributed by atoms with Crippen LogP contribution in [-0.4, -0.2) is 11.2 Å². The topological polar surface area (TPSA) is 44.0 Å². The number of aliphatic hydroxyl groups is 1. The molecular weight excluding hydrogens is 198 g/mol. The summed E-state index contributed by atoms with van der Waals surface area (Å²) in [5.41, 5.74) is 1.86. The van der Waals surface area contributed by atoms with Crippen molar-refractivity contribution in [1.82, 2.24) is 0 Å². The maximum Gasteiger partial charge on any atom is 0.0912 e. The molecule has 0 saturated heterocycles. The molecule has 1 atom stereocenters. The smallest absolute Gasteiger partial charge is 0.0912 e. The summed E-state index contributed by atoms with van der Waals surface area (Å²) >= 11 is 0. The second-order valence-electron chi connectivity index (χ2n) is 4.69. The predicted molar refractivity (Wildman–Crippen MR) is 62.8 cm³/mol. The number of nitrogens with zero attached hydrogens (tertiary/aromatic N) is 1. The Morgan fingerprint density at radius 1 is 1.38 bits per heavy atom. The lowest BCUT2D eigenvalue weighted by molar-refractivity contribution is 0.0615. The molecule has 0 aliphatic heterocycles. The Labute approximate surface area is 96.5 Å². The quantitative estimate of drug-likeness (QED) is 0.841. The second kappa shape index (κ2) is 4.27. The maximum atomic E-state index is 10.1. The molecule has 1 aliphatic carbocycles. The number of benzene rings is 1. The first kappa shape index (κ1) is 11.2. The van der Waals surface area contributed by atoms with Crippen molar-refractivity contribution in [2.24, 2.45) is 5.41 Å². The van der Waals surface area contributed by atoms with Crippen molar-refractivity contribution in [3.8, 4) is 6.07 Å². The molecule has 0 amide bonds. The van der Waals surface area contributed by atoms with Gasteiger partial charge in [0.15, 0.2) is 0 Å². The highest BCUT2D eigenvalue weighted by atomic mass is 16.3. The van der Waals surface area contributed by atoms with Gasteiger partial charge in [-0.3, -0.25) is 0 Å². The van der Waals surface area contributed by atoms with Gasteiger partial charge in [0.1, 0.15) is 0 Å². The number of hydrogen-bond acceptors (Lipinski definition) is 2. The molecule has 0 bridgehead atoms. The van der Waals surface area contributed by atoms with Crippen LogP contribution in [0.25, 0.3) is 0 Å². The van der Waals surface area contributed by atoms with Crippen LogP contribution in [0.5, 0.6) is 0 Å². The van der Waals surface area contributed by atoms with Crippen LogP contribution in [0.3, 0.4) is 0 Å². The molecule has 16 heavy (non-hydrogen) atoms. The SMILES string of the molecule is CCCC(O)C1(C#N)Cc2ccccc2C1. The van der Waals surface area contributed by atoms with E-state index in [0.29, 0.717) is 19.3 Å². The fourth-order valence-corrected chi connectivity index (χ4v) is 2.58. The van der Waals surface area contributed by atoms with Gasteiger partial charge in [0, 0.05) is 0 Å². The highest BCUT2D eigenvalue weighted by molar-refractivity contribution is 5.37. The predicted octanol–water partition coefficient (Wildman–Crippen LogP) is 2.46. The average molecular weight is 215 g/mol. The van der Waals surface area contributed by atoms with Crippen molar-refractivity contribution >= 4 is 0 Å². The Kier molecular flexibility index (Phi) is 2.98. The van der Waals surface area contributed by atoms with Gasteiger partial charge in [-0.2, -0.15) is 5.26 Å². The van der Waals surface area contributed by atoms with E-state index in [2.05, 4.69) is 18.2 Å². The molecule has 1 aromatic rings. The number of aliphatic hydroxyl groups excluding tert-OH is 1. The summed E-state index contributed by atoms with van der Waals surface area (Å²) in [7, 11) is 0. The maximum absolute atomic E-state index is 10.1. The average Bonchev–Trinajstić information content (AvgIpc) is 2.69. The molecular formula is C14H17NO. The van der Waals surface area contributed by atoms with E-state index >= 15 is 0 Å². The van der Waals surface area contributed by atoms with Gasteiger partial charge in [-0.25, -0.2) is 0 Å². The van der Waals surface area contributed by atoms with Crippen LogP contribution in [0, 0.1) is 16.7 Å². The summed E-state index contributed by atoms with van der Waals surface area (Å²) < 4.78 is 0. The number of nitriles is 1. The van der Waals surface area contributed by atoms with Crippen molar-refractivity contribution in [1.29, 1.82) is 5.26 Å². The lowest BCUT2D eigenvalue weighted by atomic mass is 9.79. The Bertz CT molecular complexity index is 394. The molecule has 1 N–H and O–H groups in total. The van der Waals surface area contributed by atoms with E-state index in [0.717, 1.165) is 6.42 Å². The van der Waals surface area contributed by atoms with Crippen molar-refractivity contribution in [3.05, 3.63) is 35.4 Å². The Hall–Kier alpha value is -1.33. The number of fused-ring (bicyclic) bond motifs is 1.